The molecule has 0 bridgehead atoms. The van der Waals surface area contributed by atoms with Gasteiger partial charge in [-0.1, -0.05) is 45.0 Å². The molecule has 1 aliphatic rings. The van der Waals surface area contributed by atoms with Crippen LogP contribution >= 0.6 is 0 Å². The van der Waals surface area contributed by atoms with Crippen molar-refractivity contribution in [3.63, 3.8) is 0 Å². The molecule has 0 atom stereocenters. The monoisotopic (exact) mass is 233 g/mol. The molecule has 1 saturated heterocycles. The van der Waals surface area contributed by atoms with Crippen LogP contribution in [0.15, 0.2) is 24.3 Å². The molecule has 2 heteroatoms. The van der Waals surface area contributed by atoms with E-state index in [4.69, 9.17) is 4.74 Å². The van der Waals surface area contributed by atoms with Crippen LogP contribution in [0.2, 0.25) is 0 Å². The SMILES string of the molecule is CC(C)(C)c1ccccc1CN1CCCOC1. The predicted molar refractivity (Wildman–Crippen MR) is 71.0 cm³/mol. The van der Waals surface area contributed by atoms with E-state index in [2.05, 4.69) is 49.9 Å². The lowest BCUT2D eigenvalue weighted by atomic mass is 9.83. The van der Waals surface area contributed by atoms with E-state index in [0.29, 0.717) is 0 Å². The maximum Gasteiger partial charge on any atom is 0.0993 e. The van der Waals surface area contributed by atoms with Crippen LogP contribution in [-0.2, 0) is 16.7 Å². The lowest BCUT2D eigenvalue weighted by Crippen LogP contribution is -2.33. The van der Waals surface area contributed by atoms with Crippen molar-refractivity contribution in [3.8, 4) is 0 Å². The van der Waals surface area contributed by atoms with Gasteiger partial charge in [-0.25, -0.2) is 0 Å². The van der Waals surface area contributed by atoms with E-state index in [1.807, 2.05) is 0 Å². The summed E-state index contributed by atoms with van der Waals surface area (Å²) in [5.74, 6) is 0. The van der Waals surface area contributed by atoms with E-state index in [9.17, 15) is 0 Å². The molecular weight excluding hydrogens is 210 g/mol. The van der Waals surface area contributed by atoms with Gasteiger partial charge in [-0.05, 0) is 23.0 Å². The molecule has 0 N–H and O–H groups in total. The first-order valence-corrected chi connectivity index (χ1v) is 6.46. The van der Waals surface area contributed by atoms with Crippen molar-refractivity contribution in [3.05, 3.63) is 35.4 Å². The molecule has 94 valence electrons. The van der Waals surface area contributed by atoms with Crippen molar-refractivity contribution in [1.82, 2.24) is 4.90 Å². The molecule has 0 spiro atoms. The Morgan fingerprint density at radius 1 is 1.24 bits per heavy atom. The van der Waals surface area contributed by atoms with Gasteiger partial charge in [0.1, 0.15) is 0 Å². The van der Waals surface area contributed by atoms with Crippen LogP contribution < -0.4 is 0 Å². The van der Waals surface area contributed by atoms with Crippen LogP contribution in [0.25, 0.3) is 0 Å². The van der Waals surface area contributed by atoms with E-state index in [0.717, 1.165) is 32.8 Å². The Morgan fingerprint density at radius 3 is 2.65 bits per heavy atom. The summed E-state index contributed by atoms with van der Waals surface area (Å²) in [6.45, 7) is 10.7. The minimum atomic E-state index is 0.216. The number of hydrogen-bond donors (Lipinski definition) is 0. The van der Waals surface area contributed by atoms with Crippen LogP contribution in [0, 0.1) is 0 Å². The van der Waals surface area contributed by atoms with Gasteiger partial charge >= 0.3 is 0 Å². The first-order chi connectivity index (χ1) is 8.07. The van der Waals surface area contributed by atoms with E-state index >= 15 is 0 Å². The van der Waals surface area contributed by atoms with Gasteiger partial charge in [-0.15, -0.1) is 0 Å². The summed E-state index contributed by atoms with van der Waals surface area (Å²) in [4.78, 5) is 2.38. The molecule has 0 saturated carbocycles. The first-order valence-electron chi connectivity index (χ1n) is 6.46. The summed E-state index contributed by atoms with van der Waals surface area (Å²) in [5.41, 5.74) is 3.10. The van der Waals surface area contributed by atoms with Crippen molar-refractivity contribution in [1.29, 1.82) is 0 Å². The largest absolute Gasteiger partial charge is 0.366 e. The Bertz CT molecular complexity index is 361. The van der Waals surface area contributed by atoms with Gasteiger partial charge in [0.15, 0.2) is 0 Å². The van der Waals surface area contributed by atoms with Crippen LogP contribution in [0.3, 0.4) is 0 Å². The normalized spacial score (nSPS) is 18.3. The zero-order chi connectivity index (χ0) is 12.3. The number of rotatable bonds is 2. The maximum atomic E-state index is 5.51. The van der Waals surface area contributed by atoms with Crippen molar-refractivity contribution in [2.45, 2.75) is 39.2 Å². The second-order valence-corrected chi connectivity index (χ2v) is 5.85. The lowest BCUT2D eigenvalue weighted by molar-refractivity contribution is -0.0178. The summed E-state index contributed by atoms with van der Waals surface area (Å²) >= 11 is 0. The third-order valence-corrected chi connectivity index (χ3v) is 3.26. The third-order valence-electron chi connectivity index (χ3n) is 3.26. The predicted octanol–water partition coefficient (Wildman–Crippen LogP) is 3.16. The van der Waals surface area contributed by atoms with Crippen molar-refractivity contribution >= 4 is 0 Å². The molecular formula is C15H23NO. The Kier molecular flexibility index (Phi) is 3.85. The molecule has 2 rings (SSSR count). The van der Waals surface area contributed by atoms with Gasteiger partial charge in [0, 0.05) is 19.7 Å². The zero-order valence-corrected chi connectivity index (χ0v) is 11.2. The fraction of sp³-hybridized carbons (Fsp3) is 0.600. The van der Waals surface area contributed by atoms with Gasteiger partial charge in [0.2, 0.25) is 0 Å². The van der Waals surface area contributed by atoms with Crippen molar-refractivity contribution in [2.75, 3.05) is 19.9 Å². The van der Waals surface area contributed by atoms with Crippen molar-refractivity contribution < 1.29 is 4.74 Å². The molecule has 1 aromatic rings. The molecule has 1 aromatic carbocycles. The third kappa shape index (κ3) is 3.30. The van der Waals surface area contributed by atoms with Gasteiger partial charge < -0.3 is 4.74 Å². The quantitative estimate of drug-likeness (QED) is 0.778. The number of benzene rings is 1. The Balaban J connectivity index is 2.14. The molecule has 0 amide bonds. The zero-order valence-electron chi connectivity index (χ0n) is 11.2. The first kappa shape index (κ1) is 12.6. The molecule has 1 heterocycles. The maximum absolute atomic E-state index is 5.51. The second-order valence-electron chi connectivity index (χ2n) is 5.85. The Morgan fingerprint density at radius 2 is 2.00 bits per heavy atom. The molecule has 1 aliphatic heterocycles. The smallest absolute Gasteiger partial charge is 0.0993 e. The van der Waals surface area contributed by atoms with Crippen LogP contribution in [0.4, 0.5) is 0 Å². The highest BCUT2D eigenvalue weighted by Crippen LogP contribution is 2.26. The molecule has 1 fully saturated rings. The molecule has 2 nitrogen and oxygen atoms in total. The van der Waals surface area contributed by atoms with Gasteiger partial charge in [0.25, 0.3) is 0 Å². The minimum absolute atomic E-state index is 0.216. The van der Waals surface area contributed by atoms with Crippen LogP contribution in [0.1, 0.15) is 38.3 Å². The van der Waals surface area contributed by atoms with Crippen LogP contribution in [0.5, 0.6) is 0 Å². The Labute approximate surface area is 105 Å². The van der Waals surface area contributed by atoms with E-state index in [1.165, 1.54) is 11.1 Å². The standard InChI is InChI=1S/C15H23NO/c1-15(2,3)14-8-5-4-7-13(14)11-16-9-6-10-17-12-16/h4-5,7-8H,6,9-12H2,1-3H3. The number of ether oxygens (including phenoxy) is 1. The fourth-order valence-electron chi connectivity index (χ4n) is 2.40. The summed E-state index contributed by atoms with van der Waals surface area (Å²) < 4.78 is 5.51. The van der Waals surface area contributed by atoms with Gasteiger partial charge in [-0.2, -0.15) is 0 Å². The van der Waals surface area contributed by atoms with Gasteiger partial charge in [0.05, 0.1) is 6.73 Å². The second kappa shape index (κ2) is 5.19. The van der Waals surface area contributed by atoms with E-state index in [-0.39, 0.29) is 5.41 Å². The molecule has 0 aliphatic carbocycles. The summed E-state index contributed by atoms with van der Waals surface area (Å²) in [6, 6.07) is 8.77. The summed E-state index contributed by atoms with van der Waals surface area (Å²) in [6.07, 6.45) is 1.15. The lowest BCUT2D eigenvalue weighted by Gasteiger charge is -2.29. The summed E-state index contributed by atoms with van der Waals surface area (Å²) in [5, 5.41) is 0. The van der Waals surface area contributed by atoms with Gasteiger partial charge in [-0.3, -0.25) is 4.90 Å². The molecule has 0 aromatic heterocycles. The highest BCUT2D eigenvalue weighted by molar-refractivity contribution is 5.32. The average Bonchev–Trinajstić information content (AvgIpc) is 2.30. The highest BCUT2D eigenvalue weighted by atomic mass is 16.5. The summed E-state index contributed by atoms with van der Waals surface area (Å²) in [7, 11) is 0. The minimum Gasteiger partial charge on any atom is -0.366 e. The average molecular weight is 233 g/mol. The molecule has 0 unspecified atom stereocenters. The Hall–Kier alpha value is -0.860. The highest BCUT2D eigenvalue weighted by Gasteiger charge is 2.19. The number of nitrogens with zero attached hydrogens (tertiary/aromatic N) is 1. The molecule has 0 radical (unpaired) electrons. The van der Waals surface area contributed by atoms with Crippen LogP contribution in [-0.4, -0.2) is 24.8 Å². The van der Waals surface area contributed by atoms with E-state index in [1.54, 1.807) is 0 Å². The number of hydrogen-bond acceptors (Lipinski definition) is 2. The fourth-order valence-corrected chi connectivity index (χ4v) is 2.40. The topological polar surface area (TPSA) is 12.5 Å². The van der Waals surface area contributed by atoms with E-state index < -0.39 is 0 Å². The van der Waals surface area contributed by atoms with Crippen molar-refractivity contribution in [2.24, 2.45) is 0 Å². The molecule has 17 heavy (non-hydrogen) atoms.